The Balaban J connectivity index is 2.13. The first-order valence-corrected chi connectivity index (χ1v) is 7.15. The van der Waals surface area contributed by atoms with Crippen LogP contribution in [0.2, 0.25) is 0 Å². The molecule has 20 heavy (non-hydrogen) atoms. The molecule has 0 amide bonds. The molecule has 1 aromatic carbocycles. The third-order valence-corrected chi connectivity index (χ3v) is 3.76. The van der Waals surface area contributed by atoms with Crippen molar-refractivity contribution in [3.63, 3.8) is 0 Å². The Morgan fingerprint density at radius 2 is 2.10 bits per heavy atom. The van der Waals surface area contributed by atoms with Crippen molar-refractivity contribution < 1.29 is 9.53 Å². The second-order valence-electron chi connectivity index (χ2n) is 5.52. The molecule has 2 aromatic rings. The zero-order chi connectivity index (χ0) is 14.6. The van der Waals surface area contributed by atoms with Gasteiger partial charge in [0.25, 0.3) is 0 Å². The van der Waals surface area contributed by atoms with Crippen LogP contribution in [-0.2, 0) is 16.0 Å². The zero-order valence-electron chi connectivity index (χ0n) is 12.4. The van der Waals surface area contributed by atoms with Gasteiger partial charge in [-0.3, -0.25) is 4.79 Å². The monoisotopic (exact) mass is 274 g/mol. The van der Waals surface area contributed by atoms with E-state index in [1.165, 1.54) is 0 Å². The van der Waals surface area contributed by atoms with Gasteiger partial charge in [0.05, 0.1) is 24.1 Å². The number of para-hydroxylation sites is 2. The van der Waals surface area contributed by atoms with Gasteiger partial charge in [-0.05, 0) is 30.9 Å². The maximum Gasteiger partial charge on any atom is 0.306 e. The van der Waals surface area contributed by atoms with E-state index in [-0.39, 0.29) is 11.4 Å². The third-order valence-electron chi connectivity index (χ3n) is 3.76. The molecule has 0 bridgehead atoms. The van der Waals surface area contributed by atoms with Crippen molar-refractivity contribution in [2.24, 2.45) is 5.41 Å². The molecule has 1 atom stereocenters. The van der Waals surface area contributed by atoms with Crippen molar-refractivity contribution >= 4 is 17.0 Å². The van der Waals surface area contributed by atoms with Gasteiger partial charge in [-0.1, -0.05) is 26.0 Å². The number of ether oxygens (including phenoxy) is 1. The molecule has 4 nitrogen and oxygen atoms in total. The number of hydrogen-bond acceptors (Lipinski definition) is 3. The Hall–Kier alpha value is -1.84. The lowest BCUT2D eigenvalue weighted by Crippen LogP contribution is -2.24. The fourth-order valence-electron chi connectivity index (χ4n) is 2.37. The first-order chi connectivity index (χ1) is 9.56. The van der Waals surface area contributed by atoms with Crippen LogP contribution in [0.15, 0.2) is 24.3 Å². The van der Waals surface area contributed by atoms with Crippen LogP contribution in [-0.4, -0.2) is 22.5 Å². The number of esters is 1. The van der Waals surface area contributed by atoms with Gasteiger partial charge in [-0.2, -0.15) is 0 Å². The van der Waals surface area contributed by atoms with Crippen LogP contribution < -0.4 is 0 Å². The first-order valence-electron chi connectivity index (χ1n) is 7.15. The number of rotatable bonds is 6. The summed E-state index contributed by atoms with van der Waals surface area (Å²) in [5.74, 6) is 0.799. The maximum absolute atomic E-state index is 11.7. The Bertz CT molecular complexity index is 558. The van der Waals surface area contributed by atoms with Gasteiger partial charge in [0, 0.05) is 6.42 Å². The van der Waals surface area contributed by atoms with Crippen molar-refractivity contribution in [3.05, 3.63) is 30.1 Å². The molecular weight excluding hydrogens is 252 g/mol. The van der Waals surface area contributed by atoms with Crippen LogP contribution in [0.4, 0.5) is 0 Å². The van der Waals surface area contributed by atoms with Crippen LogP contribution in [0.1, 0.15) is 39.4 Å². The second kappa shape index (κ2) is 6.07. The largest absolute Gasteiger partial charge is 0.466 e. The molecule has 1 aromatic heterocycles. The van der Waals surface area contributed by atoms with Crippen molar-refractivity contribution in [2.75, 3.05) is 6.61 Å². The van der Waals surface area contributed by atoms with E-state index in [0.29, 0.717) is 13.0 Å². The van der Waals surface area contributed by atoms with E-state index >= 15 is 0 Å². The van der Waals surface area contributed by atoms with Crippen molar-refractivity contribution in [1.82, 2.24) is 9.97 Å². The normalized spacial score (nSPS) is 14.2. The summed E-state index contributed by atoms with van der Waals surface area (Å²) in [5, 5.41) is 0. The molecule has 0 saturated heterocycles. The minimum Gasteiger partial charge on any atom is -0.466 e. The Kier molecular flexibility index (Phi) is 4.42. The summed E-state index contributed by atoms with van der Waals surface area (Å²) in [5.41, 5.74) is 1.88. The Labute approximate surface area is 119 Å². The summed E-state index contributed by atoms with van der Waals surface area (Å²) in [7, 11) is 0. The molecule has 1 N–H and O–H groups in total. The quantitative estimate of drug-likeness (QED) is 0.820. The van der Waals surface area contributed by atoms with E-state index in [4.69, 9.17) is 4.74 Å². The van der Waals surface area contributed by atoms with E-state index in [0.717, 1.165) is 29.7 Å². The van der Waals surface area contributed by atoms with Gasteiger partial charge in [0.2, 0.25) is 0 Å². The first kappa shape index (κ1) is 14.6. The van der Waals surface area contributed by atoms with Gasteiger partial charge in [-0.15, -0.1) is 0 Å². The summed E-state index contributed by atoms with van der Waals surface area (Å²) < 4.78 is 5.07. The van der Waals surface area contributed by atoms with Crippen LogP contribution >= 0.6 is 0 Å². The molecule has 0 aliphatic heterocycles. The minimum atomic E-state index is -0.132. The minimum absolute atomic E-state index is 0.125. The zero-order valence-corrected chi connectivity index (χ0v) is 12.4. The van der Waals surface area contributed by atoms with Crippen LogP contribution in [0.25, 0.3) is 11.0 Å². The predicted octanol–water partition coefficient (Wildman–Crippen LogP) is 3.47. The van der Waals surface area contributed by atoms with Crippen molar-refractivity contribution in [3.8, 4) is 0 Å². The molecule has 0 radical (unpaired) electrons. The molecule has 0 aliphatic carbocycles. The smallest absolute Gasteiger partial charge is 0.306 e. The summed E-state index contributed by atoms with van der Waals surface area (Å²) >= 11 is 0. The third kappa shape index (κ3) is 3.38. The van der Waals surface area contributed by atoms with Crippen LogP contribution in [0.3, 0.4) is 0 Å². The second-order valence-corrected chi connectivity index (χ2v) is 5.52. The molecule has 0 spiro atoms. The summed E-state index contributed by atoms with van der Waals surface area (Å²) in [6.45, 7) is 6.47. The number of hydrogen-bond donors (Lipinski definition) is 1. The maximum atomic E-state index is 11.7. The van der Waals surface area contributed by atoms with Gasteiger partial charge < -0.3 is 9.72 Å². The van der Waals surface area contributed by atoms with Crippen LogP contribution in [0.5, 0.6) is 0 Å². The molecule has 0 fully saturated rings. The Morgan fingerprint density at radius 3 is 2.75 bits per heavy atom. The Morgan fingerprint density at radius 1 is 1.35 bits per heavy atom. The van der Waals surface area contributed by atoms with E-state index in [9.17, 15) is 4.79 Å². The molecule has 1 heterocycles. The van der Waals surface area contributed by atoms with E-state index in [2.05, 4.69) is 23.8 Å². The van der Waals surface area contributed by atoms with Gasteiger partial charge in [-0.25, -0.2) is 4.98 Å². The highest BCUT2D eigenvalue weighted by molar-refractivity contribution is 5.74. The molecule has 0 saturated carbocycles. The predicted molar refractivity (Wildman–Crippen MR) is 79.4 cm³/mol. The standard InChI is InChI=1S/C16H22N2O2/c1-4-16(3,11-15(19)20-5-2)10-14-17-12-8-6-7-9-13(12)18-14/h6-9H,4-5,10-11H2,1-3H3,(H,17,18)/t16-/m1/s1. The SMILES string of the molecule is CCOC(=O)C[C@](C)(CC)Cc1nc2ccccc2[nH]1. The molecule has 4 heteroatoms. The fourth-order valence-corrected chi connectivity index (χ4v) is 2.37. The summed E-state index contributed by atoms with van der Waals surface area (Å²) in [6.07, 6.45) is 2.08. The van der Waals surface area contributed by atoms with E-state index in [1.807, 2.05) is 31.2 Å². The topological polar surface area (TPSA) is 55.0 Å². The number of nitrogens with zero attached hydrogens (tertiary/aromatic N) is 1. The number of imidazole rings is 1. The van der Waals surface area contributed by atoms with Crippen LogP contribution in [0, 0.1) is 5.41 Å². The average Bonchev–Trinajstić information content (AvgIpc) is 2.80. The molecule has 0 unspecified atom stereocenters. The van der Waals surface area contributed by atoms with Gasteiger partial charge >= 0.3 is 5.97 Å². The number of aromatic nitrogens is 2. The average molecular weight is 274 g/mol. The molecular formula is C16H22N2O2. The number of H-pyrrole nitrogens is 1. The van der Waals surface area contributed by atoms with E-state index in [1.54, 1.807) is 0 Å². The summed E-state index contributed by atoms with van der Waals surface area (Å²) in [4.78, 5) is 19.6. The number of carbonyl (C=O) groups is 1. The highest BCUT2D eigenvalue weighted by Gasteiger charge is 2.28. The van der Waals surface area contributed by atoms with Crippen molar-refractivity contribution in [1.29, 1.82) is 0 Å². The number of fused-ring (bicyclic) bond motifs is 1. The van der Waals surface area contributed by atoms with Gasteiger partial charge in [0.1, 0.15) is 5.82 Å². The lowest BCUT2D eigenvalue weighted by Gasteiger charge is -2.26. The lowest BCUT2D eigenvalue weighted by atomic mass is 9.80. The van der Waals surface area contributed by atoms with Gasteiger partial charge in [0.15, 0.2) is 0 Å². The number of benzene rings is 1. The fraction of sp³-hybridized carbons (Fsp3) is 0.500. The highest BCUT2D eigenvalue weighted by atomic mass is 16.5. The molecule has 2 rings (SSSR count). The molecule has 108 valence electrons. The van der Waals surface area contributed by atoms with E-state index < -0.39 is 0 Å². The lowest BCUT2D eigenvalue weighted by molar-refractivity contribution is -0.145. The number of carbonyl (C=O) groups excluding carboxylic acids is 1. The molecule has 0 aliphatic rings. The summed E-state index contributed by atoms with van der Waals surface area (Å²) in [6, 6.07) is 7.97. The van der Waals surface area contributed by atoms with Crippen molar-refractivity contribution in [2.45, 2.75) is 40.0 Å². The number of aromatic amines is 1. The number of nitrogens with one attached hydrogen (secondary N) is 1. The highest BCUT2D eigenvalue weighted by Crippen LogP contribution is 2.30.